The van der Waals surface area contributed by atoms with Crippen LogP contribution in [-0.4, -0.2) is 34.4 Å². The Labute approximate surface area is 134 Å². The average Bonchev–Trinajstić information content (AvgIpc) is 3.17. The zero-order valence-corrected chi connectivity index (χ0v) is 13.5. The predicted molar refractivity (Wildman–Crippen MR) is 86.5 cm³/mol. The molecular formula is C16H21N3O2S. The van der Waals surface area contributed by atoms with Crippen LogP contribution in [0.4, 0.5) is 0 Å². The topological polar surface area (TPSA) is 72.4 Å². The maximum atomic E-state index is 12.6. The minimum Gasteiger partial charge on any atom is -0.444 e. The monoisotopic (exact) mass is 319 g/mol. The third kappa shape index (κ3) is 3.23. The number of likely N-dealkylation sites (tertiary alicyclic amines) is 1. The van der Waals surface area contributed by atoms with Crippen LogP contribution >= 0.6 is 11.3 Å². The average molecular weight is 319 g/mol. The highest BCUT2D eigenvalue weighted by Gasteiger charge is 2.29. The van der Waals surface area contributed by atoms with Crippen molar-refractivity contribution in [3.8, 4) is 10.8 Å². The van der Waals surface area contributed by atoms with Gasteiger partial charge in [-0.1, -0.05) is 6.07 Å². The fourth-order valence-corrected chi connectivity index (χ4v) is 3.63. The highest BCUT2D eigenvalue weighted by Crippen LogP contribution is 2.24. The molecule has 1 amide bonds. The molecule has 1 aliphatic heterocycles. The maximum absolute atomic E-state index is 12.6. The Hall–Kier alpha value is -1.66. The van der Waals surface area contributed by atoms with Crippen molar-refractivity contribution >= 4 is 17.2 Å². The summed E-state index contributed by atoms with van der Waals surface area (Å²) in [5.74, 6) is 0.674. The van der Waals surface area contributed by atoms with Crippen LogP contribution in [0.15, 0.2) is 28.2 Å². The predicted octanol–water partition coefficient (Wildman–Crippen LogP) is 2.67. The molecule has 2 aromatic rings. The smallest absolute Gasteiger partial charge is 0.236 e. The van der Waals surface area contributed by atoms with Crippen molar-refractivity contribution in [2.75, 3.05) is 6.54 Å². The number of amides is 1. The highest BCUT2D eigenvalue weighted by atomic mass is 32.1. The van der Waals surface area contributed by atoms with Crippen molar-refractivity contribution in [2.24, 2.45) is 5.73 Å². The van der Waals surface area contributed by atoms with Gasteiger partial charge in [0.05, 0.1) is 17.0 Å². The van der Waals surface area contributed by atoms with Gasteiger partial charge in [0.2, 0.25) is 11.8 Å². The summed E-state index contributed by atoms with van der Waals surface area (Å²) >= 11 is 1.57. The number of rotatable bonds is 4. The first-order chi connectivity index (χ1) is 10.6. The Kier molecular flexibility index (Phi) is 4.59. The summed E-state index contributed by atoms with van der Waals surface area (Å²) in [7, 11) is 0. The molecule has 1 aliphatic rings. The Balaban J connectivity index is 1.68. The van der Waals surface area contributed by atoms with E-state index in [1.54, 1.807) is 17.6 Å². The lowest BCUT2D eigenvalue weighted by Crippen LogP contribution is -2.52. The molecule has 5 nitrogen and oxygen atoms in total. The minimum atomic E-state index is 0.00300. The van der Waals surface area contributed by atoms with Crippen LogP contribution < -0.4 is 5.73 Å². The van der Waals surface area contributed by atoms with Crippen molar-refractivity contribution in [3.63, 3.8) is 0 Å². The van der Waals surface area contributed by atoms with Gasteiger partial charge in [0.15, 0.2) is 0 Å². The molecule has 2 unspecified atom stereocenters. The van der Waals surface area contributed by atoms with Crippen LogP contribution in [0, 0.1) is 0 Å². The summed E-state index contributed by atoms with van der Waals surface area (Å²) in [5, 5.41) is 1.98. The lowest BCUT2D eigenvalue weighted by atomic mass is 9.96. The molecule has 2 atom stereocenters. The summed E-state index contributed by atoms with van der Waals surface area (Å²) in [5.41, 5.74) is 6.71. The van der Waals surface area contributed by atoms with E-state index in [1.807, 2.05) is 29.3 Å². The van der Waals surface area contributed by atoms with Crippen molar-refractivity contribution in [1.29, 1.82) is 0 Å². The van der Waals surface area contributed by atoms with Crippen LogP contribution in [-0.2, 0) is 11.2 Å². The molecule has 3 heterocycles. The van der Waals surface area contributed by atoms with Crippen LogP contribution in [0.25, 0.3) is 10.8 Å². The molecule has 6 heteroatoms. The molecule has 2 aromatic heterocycles. The molecule has 0 bridgehead atoms. The zero-order valence-electron chi connectivity index (χ0n) is 12.7. The van der Waals surface area contributed by atoms with Gasteiger partial charge in [0.25, 0.3) is 0 Å². The molecule has 3 rings (SSSR count). The van der Waals surface area contributed by atoms with Crippen molar-refractivity contribution in [1.82, 2.24) is 9.88 Å². The van der Waals surface area contributed by atoms with E-state index in [4.69, 9.17) is 10.2 Å². The number of oxazole rings is 1. The Bertz CT molecular complexity index is 621. The van der Waals surface area contributed by atoms with Crippen molar-refractivity contribution < 1.29 is 9.21 Å². The number of aromatic nitrogens is 1. The normalized spacial score (nSPS) is 20.1. The summed E-state index contributed by atoms with van der Waals surface area (Å²) < 4.78 is 5.48. The maximum Gasteiger partial charge on any atom is 0.236 e. The number of hydrogen-bond donors (Lipinski definition) is 1. The summed E-state index contributed by atoms with van der Waals surface area (Å²) in [6, 6.07) is 4.06. The van der Waals surface area contributed by atoms with Gasteiger partial charge in [0.1, 0.15) is 6.26 Å². The van der Waals surface area contributed by atoms with Crippen molar-refractivity contribution in [2.45, 2.75) is 44.7 Å². The van der Waals surface area contributed by atoms with E-state index >= 15 is 0 Å². The Morgan fingerprint density at radius 3 is 3.18 bits per heavy atom. The largest absolute Gasteiger partial charge is 0.444 e. The first kappa shape index (κ1) is 15.2. The van der Waals surface area contributed by atoms with Gasteiger partial charge in [-0.15, -0.1) is 11.3 Å². The van der Waals surface area contributed by atoms with Gasteiger partial charge in [0, 0.05) is 18.6 Å². The van der Waals surface area contributed by atoms with E-state index in [2.05, 4.69) is 4.98 Å². The van der Waals surface area contributed by atoms with E-state index in [0.29, 0.717) is 11.6 Å². The van der Waals surface area contributed by atoms with Crippen molar-refractivity contribution in [3.05, 3.63) is 29.5 Å². The molecule has 0 spiro atoms. The molecule has 118 valence electrons. The quantitative estimate of drug-likeness (QED) is 0.940. The minimum absolute atomic E-state index is 0.00300. The SMILES string of the molecule is CC(N)C1CCCCN1C(=O)Cc1coc(-c2cccs2)n1. The Morgan fingerprint density at radius 1 is 1.59 bits per heavy atom. The van der Waals surface area contributed by atoms with E-state index in [-0.39, 0.29) is 24.4 Å². The van der Waals surface area contributed by atoms with Crippen LogP contribution in [0.5, 0.6) is 0 Å². The summed E-state index contributed by atoms with van der Waals surface area (Å²) in [6.45, 7) is 2.77. The number of thiophene rings is 1. The lowest BCUT2D eigenvalue weighted by molar-refractivity contribution is -0.134. The van der Waals surface area contributed by atoms with Gasteiger partial charge < -0.3 is 15.1 Å². The van der Waals surface area contributed by atoms with Gasteiger partial charge in [-0.3, -0.25) is 4.79 Å². The number of hydrogen-bond acceptors (Lipinski definition) is 5. The fourth-order valence-electron chi connectivity index (χ4n) is 2.97. The van der Waals surface area contributed by atoms with Crippen LogP contribution in [0.1, 0.15) is 31.9 Å². The standard InChI is InChI=1S/C16H21N3O2S/c1-11(17)13-5-2-3-7-19(13)15(20)9-12-10-21-16(18-12)14-6-4-8-22-14/h4,6,8,10-11,13H,2-3,5,7,9,17H2,1H3. The number of carbonyl (C=O) groups is 1. The molecule has 0 radical (unpaired) electrons. The molecule has 0 aromatic carbocycles. The zero-order chi connectivity index (χ0) is 15.5. The first-order valence-electron chi connectivity index (χ1n) is 7.68. The van der Waals surface area contributed by atoms with E-state index in [1.165, 1.54) is 0 Å². The van der Waals surface area contributed by atoms with Gasteiger partial charge in [-0.2, -0.15) is 0 Å². The van der Waals surface area contributed by atoms with E-state index in [9.17, 15) is 4.79 Å². The molecular weight excluding hydrogens is 298 g/mol. The number of carbonyl (C=O) groups excluding carboxylic acids is 1. The first-order valence-corrected chi connectivity index (χ1v) is 8.56. The number of nitrogens with zero attached hydrogens (tertiary/aromatic N) is 2. The third-order valence-corrected chi connectivity index (χ3v) is 4.95. The summed E-state index contributed by atoms with van der Waals surface area (Å²) in [6.07, 6.45) is 5.04. The second-order valence-electron chi connectivity index (χ2n) is 5.81. The van der Waals surface area contributed by atoms with Gasteiger partial charge in [-0.25, -0.2) is 4.98 Å². The third-order valence-electron chi connectivity index (χ3n) is 4.09. The van der Waals surface area contributed by atoms with Gasteiger partial charge >= 0.3 is 0 Å². The second kappa shape index (κ2) is 6.62. The molecule has 0 saturated carbocycles. The lowest BCUT2D eigenvalue weighted by Gasteiger charge is -2.38. The van der Waals surface area contributed by atoms with E-state index < -0.39 is 0 Å². The van der Waals surface area contributed by atoms with Gasteiger partial charge in [-0.05, 0) is 37.6 Å². The number of piperidine rings is 1. The summed E-state index contributed by atoms with van der Waals surface area (Å²) in [4.78, 5) is 19.9. The van der Waals surface area contributed by atoms with Crippen LogP contribution in [0.3, 0.4) is 0 Å². The molecule has 22 heavy (non-hydrogen) atoms. The highest BCUT2D eigenvalue weighted by molar-refractivity contribution is 7.13. The molecule has 0 aliphatic carbocycles. The van der Waals surface area contributed by atoms with E-state index in [0.717, 1.165) is 30.7 Å². The molecule has 2 N–H and O–H groups in total. The van der Waals surface area contributed by atoms with Crippen LogP contribution in [0.2, 0.25) is 0 Å². The second-order valence-corrected chi connectivity index (χ2v) is 6.76. The Morgan fingerprint density at radius 2 is 2.45 bits per heavy atom. The molecule has 1 saturated heterocycles. The fraction of sp³-hybridized carbons (Fsp3) is 0.500. The number of nitrogens with two attached hydrogens (primary N) is 1. The molecule has 1 fully saturated rings.